The highest BCUT2D eigenvalue weighted by Crippen LogP contribution is 2.36. The van der Waals surface area contributed by atoms with Gasteiger partial charge in [0, 0.05) is 17.7 Å². The Morgan fingerprint density at radius 1 is 1.19 bits per heavy atom. The molecule has 7 nitrogen and oxygen atoms in total. The number of ether oxygens (including phenoxy) is 1. The molecule has 0 bridgehead atoms. The summed E-state index contributed by atoms with van der Waals surface area (Å²) in [5.41, 5.74) is 6.52. The van der Waals surface area contributed by atoms with Crippen LogP contribution < -0.4 is 10.5 Å². The van der Waals surface area contributed by atoms with Gasteiger partial charge < -0.3 is 20.0 Å². The zero-order valence-corrected chi connectivity index (χ0v) is 18.1. The highest BCUT2D eigenvalue weighted by molar-refractivity contribution is 7.90. The number of sulfone groups is 1. The van der Waals surface area contributed by atoms with Gasteiger partial charge in [0.2, 0.25) is 0 Å². The van der Waals surface area contributed by atoms with E-state index in [2.05, 4.69) is 6.58 Å². The normalized spacial score (nSPS) is 10.7. The number of nitrogens with two attached hydrogens (primary N) is 1. The molecule has 0 aliphatic rings. The number of aromatic carboxylic acids is 1. The molecule has 2 aromatic carbocycles. The summed E-state index contributed by atoms with van der Waals surface area (Å²) in [5.74, 6) is -2.05. The van der Waals surface area contributed by atoms with Crippen molar-refractivity contribution in [2.24, 2.45) is 5.73 Å². The molecule has 1 aromatic heterocycles. The van der Waals surface area contributed by atoms with Crippen LogP contribution in [0.5, 0.6) is 5.75 Å². The average molecular weight is 462 g/mol. The van der Waals surface area contributed by atoms with E-state index in [1.54, 1.807) is 30.3 Å². The highest BCUT2D eigenvalue weighted by Gasteiger charge is 2.24. The van der Waals surface area contributed by atoms with Crippen LogP contribution in [0, 0.1) is 5.82 Å². The van der Waals surface area contributed by atoms with E-state index in [9.17, 15) is 22.7 Å². The van der Waals surface area contributed by atoms with E-state index in [0.717, 1.165) is 0 Å². The maximum atomic E-state index is 12.1. The van der Waals surface area contributed by atoms with Gasteiger partial charge in [0.15, 0.2) is 9.84 Å². The predicted octanol–water partition coefficient (Wildman–Crippen LogP) is 3.91. The molecular formula is C23H24FNO6S. The Hall–Kier alpha value is -3.43. The summed E-state index contributed by atoms with van der Waals surface area (Å²) in [5, 5.41) is 9.64. The van der Waals surface area contributed by atoms with Gasteiger partial charge in [-0.05, 0) is 23.8 Å². The first-order chi connectivity index (χ1) is 15.3. The molecule has 0 aliphatic carbocycles. The molecule has 0 atom stereocenters. The number of benzene rings is 2. The van der Waals surface area contributed by atoms with Crippen LogP contribution in [0.2, 0.25) is 0 Å². The SMILES string of the molecule is C=CCS(=O)(=O)Cc1ccc(-c2ccoc2)c(OCCN)c1C(=O)O.Fc1ccccc1. The third kappa shape index (κ3) is 7.07. The van der Waals surface area contributed by atoms with Crippen molar-refractivity contribution in [3.8, 4) is 16.9 Å². The van der Waals surface area contributed by atoms with Crippen LogP contribution in [0.3, 0.4) is 0 Å². The second-order valence-corrected chi connectivity index (χ2v) is 8.68. The van der Waals surface area contributed by atoms with Crippen molar-refractivity contribution in [1.29, 1.82) is 0 Å². The fourth-order valence-corrected chi connectivity index (χ4v) is 4.02. The van der Waals surface area contributed by atoms with Crippen molar-refractivity contribution in [2.45, 2.75) is 5.75 Å². The first-order valence-corrected chi connectivity index (χ1v) is 11.4. The maximum Gasteiger partial charge on any atom is 0.339 e. The summed E-state index contributed by atoms with van der Waals surface area (Å²) < 4.78 is 46.6. The number of carboxylic acid groups (broad SMARTS) is 1. The first-order valence-electron chi connectivity index (χ1n) is 9.55. The minimum Gasteiger partial charge on any atom is -0.491 e. The monoisotopic (exact) mass is 461 g/mol. The largest absolute Gasteiger partial charge is 0.491 e. The van der Waals surface area contributed by atoms with Gasteiger partial charge in [0.1, 0.15) is 23.7 Å². The van der Waals surface area contributed by atoms with E-state index in [-0.39, 0.29) is 41.6 Å². The van der Waals surface area contributed by atoms with Crippen LogP contribution in [0.4, 0.5) is 4.39 Å². The quantitative estimate of drug-likeness (QED) is 0.464. The highest BCUT2D eigenvalue weighted by atomic mass is 32.2. The van der Waals surface area contributed by atoms with Gasteiger partial charge in [-0.15, -0.1) is 6.58 Å². The van der Waals surface area contributed by atoms with Crippen LogP contribution >= 0.6 is 0 Å². The van der Waals surface area contributed by atoms with Gasteiger partial charge in [-0.25, -0.2) is 17.6 Å². The van der Waals surface area contributed by atoms with Gasteiger partial charge in [-0.1, -0.05) is 36.4 Å². The third-order valence-corrected chi connectivity index (χ3v) is 5.63. The standard InChI is InChI=1S/C17H19NO6S.C6H5F/c1-2-9-25(21,22)11-13-3-4-14(12-5-7-23-10-12)16(24-8-6-18)15(13)17(19)20;7-6-4-2-1-3-5-6/h2-5,7,10H,1,6,8-9,11,18H2,(H,19,20);1-5H. The molecule has 0 fully saturated rings. The molecule has 0 amide bonds. The van der Waals surface area contributed by atoms with Crippen LogP contribution in [-0.2, 0) is 15.6 Å². The summed E-state index contributed by atoms with van der Waals surface area (Å²) in [6.07, 6.45) is 4.16. The van der Waals surface area contributed by atoms with E-state index in [0.29, 0.717) is 11.1 Å². The lowest BCUT2D eigenvalue weighted by atomic mass is 9.99. The summed E-state index contributed by atoms with van der Waals surface area (Å²) in [7, 11) is -3.52. The number of carbonyl (C=O) groups is 1. The van der Waals surface area contributed by atoms with Crippen molar-refractivity contribution in [1.82, 2.24) is 0 Å². The molecule has 0 aliphatic heterocycles. The lowest BCUT2D eigenvalue weighted by Crippen LogP contribution is -2.16. The van der Waals surface area contributed by atoms with E-state index >= 15 is 0 Å². The lowest BCUT2D eigenvalue weighted by molar-refractivity contribution is 0.0691. The molecule has 3 aromatic rings. The van der Waals surface area contributed by atoms with Gasteiger partial charge in [0.05, 0.1) is 24.0 Å². The Morgan fingerprint density at radius 2 is 1.91 bits per heavy atom. The Kier molecular flexibility index (Phi) is 9.18. The maximum absolute atomic E-state index is 12.1. The molecule has 0 radical (unpaired) electrons. The molecule has 0 spiro atoms. The van der Waals surface area contributed by atoms with Crippen LogP contribution in [0.1, 0.15) is 15.9 Å². The molecule has 170 valence electrons. The average Bonchev–Trinajstić information content (AvgIpc) is 3.27. The molecular weight excluding hydrogens is 437 g/mol. The van der Waals surface area contributed by atoms with Crippen LogP contribution in [0.25, 0.3) is 11.1 Å². The zero-order chi connectivity index (χ0) is 23.6. The van der Waals surface area contributed by atoms with Crippen molar-refractivity contribution in [3.05, 3.63) is 90.7 Å². The molecule has 32 heavy (non-hydrogen) atoms. The van der Waals surface area contributed by atoms with E-state index in [1.165, 1.54) is 36.8 Å². The molecule has 9 heteroatoms. The van der Waals surface area contributed by atoms with Crippen LogP contribution in [-0.4, -0.2) is 38.4 Å². The van der Waals surface area contributed by atoms with Gasteiger partial charge in [0.25, 0.3) is 0 Å². The molecule has 3 rings (SSSR count). The summed E-state index contributed by atoms with van der Waals surface area (Å²) in [6, 6.07) is 12.7. The van der Waals surface area contributed by atoms with Crippen molar-refractivity contribution < 1.29 is 31.9 Å². The Bertz CT molecular complexity index is 1130. The topological polar surface area (TPSA) is 120 Å². The van der Waals surface area contributed by atoms with Crippen molar-refractivity contribution in [3.63, 3.8) is 0 Å². The predicted molar refractivity (Wildman–Crippen MR) is 120 cm³/mol. The molecule has 0 saturated carbocycles. The Labute approximate surface area is 185 Å². The van der Waals surface area contributed by atoms with Gasteiger partial charge >= 0.3 is 5.97 Å². The second kappa shape index (κ2) is 11.8. The fourth-order valence-electron chi connectivity index (χ4n) is 2.82. The summed E-state index contributed by atoms with van der Waals surface area (Å²) in [4.78, 5) is 11.8. The van der Waals surface area contributed by atoms with Gasteiger partial charge in [-0.3, -0.25) is 0 Å². The molecule has 0 unspecified atom stereocenters. The minimum absolute atomic E-state index is 0.0747. The minimum atomic E-state index is -3.52. The molecule has 1 heterocycles. The van der Waals surface area contributed by atoms with Gasteiger partial charge in [-0.2, -0.15) is 0 Å². The number of carboxylic acids is 1. The third-order valence-electron chi connectivity index (χ3n) is 4.13. The number of furan rings is 1. The smallest absolute Gasteiger partial charge is 0.339 e. The lowest BCUT2D eigenvalue weighted by Gasteiger charge is -2.16. The van der Waals surface area contributed by atoms with Crippen molar-refractivity contribution >= 4 is 15.8 Å². The number of hydrogen-bond donors (Lipinski definition) is 2. The fraction of sp³-hybridized carbons (Fsp3) is 0.174. The second-order valence-electron chi connectivity index (χ2n) is 6.57. The first kappa shape index (κ1) is 24.8. The summed E-state index contributed by atoms with van der Waals surface area (Å²) in [6.45, 7) is 3.68. The number of halogens is 1. The van der Waals surface area contributed by atoms with Crippen molar-refractivity contribution in [2.75, 3.05) is 18.9 Å². The summed E-state index contributed by atoms with van der Waals surface area (Å²) >= 11 is 0. The molecule has 3 N–H and O–H groups in total. The zero-order valence-electron chi connectivity index (χ0n) is 17.2. The number of hydrogen-bond acceptors (Lipinski definition) is 6. The van der Waals surface area contributed by atoms with E-state index in [1.807, 2.05) is 0 Å². The molecule has 0 saturated heterocycles. The Balaban J connectivity index is 0.000000439. The Morgan fingerprint density at radius 3 is 2.41 bits per heavy atom. The van der Waals surface area contributed by atoms with E-state index in [4.69, 9.17) is 14.9 Å². The number of rotatable bonds is 9. The van der Waals surface area contributed by atoms with E-state index < -0.39 is 21.6 Å². The van der Waals surface area contributed by atoms with Crippen LogP contribution in [0.15, 0.2) is 78.1 Å².